The Kier molecular flexibility index (Phi) is 9.55. The van der Waals surface area contributed by atoms with E-state index >= 15 is 0 Å². The van der Waals surface area contributed by atoms with Crippen LogP contribution in [0.25, 0.3) is 0 Å². The number of rotatable bonds is 8. The van der Waals surface area contributed by atoms with Crippen molar-refractivity contribution in [3.63, 3.8) is 0 Å². The first-order chi connectivity index (χ1) is 11.0. The molecule has 5 nitrogen and oxygen atoms in total. The Morgan fingerprint density at radius 3 is 2.61 bits per heavy atom. The molecule has 1 aromatic rings. The van der Waals surface area contributed by atoms with E-state index in [1.54, 1.807) is 25.9 Å². The topological polar surface area (TPSA) is 56.7 Å². The number of amides is 1. The molecule has 0 atom stereocenters. The van der Waals surface area contributed by atoms with Crippen molar-refractivity contribution in [1.29, 1.82) is 0 Å². The normalized spacial score (nSPS) is 11.2. The van der Waals surface area contributed by atoms with Crippen molar-refractivity contribution in [2.24, 2.45) is 4.99 Å². The molecular weight excluding hydrogens is 332 g/mol. The van der Waals surface area contributed by atoms with Gasteiger partial charge in [0, 0.05) is 38.0 Å². The number of nitrogens with one attached hydrogen (secondary N) is 2. The molecular formula is C16H25ClN4OS. The number of hydrogen-bond donors (Lipinski definition) is 2. The zero-order valence-corrected chi connectivity index (χ0v) is 15.5. The lowest BCUT2D eigenvalue weighted by atomic mass is 10.1. The SMILES string of the molecule is CSCCNC(=NCC(=O)N(C)C)NCCc1ccccc1Cl. The number of thioether (sulfide) groups is 1. The Morgan fingerprint density at radius 1 is 1.26 bits per heavy atom. The van der Waals surface area contributed by atoms with E-state index in [9.17, 15) is 4.79 Å². The van der Waals surface area contributed by atoms with Gasteiger partial charge in [0.15, 0.2) is 5.96 Å². The molecule has 1 rings (SSSR count). The van der Waals surface area contributed by atoms with E-state index in [0.717, 1.165) is 29.3 Å². The van der Waals surface area contributed by atoms with E-state index in [2.05, 4.69) is 21.9 Å². The fraction of sp³-hybridized carbons (Fsp3) is 0.500. The minimum Gasteiger partial charge on any atom is -0.356 e. The molecule has 2 N–H and O–H groups in total. The van der Waals surface area contributed by atoms with Crippen LogP contribution in [0.2, 0.25) is 5.02 Å². The zero-order valence-electron chi connectivity index (χ0n) is 13.9. The molecule has 0 bridgehead atoms. The third-order valence-corrected chi connectivity index (χ3v) is 4.10. The molecule has 1 amide bonds. The van der Waals surface area contributed by atoms with Crippen LogP contribution in [0, 0.1) is 0 Å². The van der Waals surface area contributed by atoms with Gasteiger partial charge in [-0.05, 0) is 24.3 Å². The molecule has 1 aromatic carbocycles. The van der Waals surface area contributed by atoms with Crippen molar-refractivity contribution in [3.05, 3.63) is 34.9 Å². The van der Waals surface area contributed by atoms with E-state index in [4.69, 9.17) is 11.6 Å². The molecule has 0 saturated carbocycles. The van der Waals surface area contributed by atoms with Gasteiger partial charge in [-0.2, -0.15) is 11.8 Å². The Balaban J connectivity index is 2.53. The van der Waals surface area contributed by atoms with Crippen molar-refractivity contribution in [3.8, 4) is 0 Å². The quantitative estimate of drug-likeness (QED) is 0.424. The van der Waals surface area contributed by atoms with Crippen molar-refractivity contribution in [1.82, 2.24) is 15.5 Å². The average Bonchev–Trinajstić information content (AvgIpc) is 2.53. The largest absolute Gasteiger partial charge is 0.356 e. The maximum atomic E-state index is 11.7. The Labute approximate surface area is 147 Å². The summed E-state index contributed by atoms with van der Waals surface area (Å²) >= 11 is 7.91. The van der Waals surface area contributed by atoms with E-state index in [1.807, 2.05) is 24.3 Å². The summed E-state index contributed by atoms with van der Waals surface area (Å²) in [5.74, 6) is 1.61. The first kappa shape index (κ1) is 19.6. The molecule has 0 aromatic heterocycles. The second-order valence-corrected chi connectivity index (χ2v) is 6.53. The number of benzene rings is 1. The van der Waals surface area contributed by atoms with Crippen molar-refractivity contribution < 1.29 is 4.79 Å². The fourth-order valence-electron chi connectivity index (χ4n) is 1.75. The van der Waals surface area contributed by atoms with Crippen LogP contribution in [-0.4, -0.2) is 62.5 Å². The van der Waals surface area contributed by atoms with Gasteiger partial charge in [0.2, 0.25) is 5.91 Å². The van der Waals surface area contributed by atoms with Crippen LogP contribution >= 0.6 is 23.4 Å². The maximum absolute atomic E-state index is 11.7. The lowest BCUT2D eigenvalue weighted by Gasteiger charge is -2.14. The number of carbonyl (C=O) groups is 1. The number of likely N-dealkylation sites (N-methyl/N-ethyl adjacent to an activating group) is 1. The van der Waals surface area contributed by atoms with Crippen LogP contribution in [0.1, 0.15) is 5.56 Å². The van der Waals surface area contributed by atoms with Crippen LogP contribution in [0.15, 0.2) is 29.3 Å². The first-order valence-electron chi connectivity index (χ1n) is 7.49. The molecule has 0 aliphatic carbocycles. The van der Waals surface area contributed by atoms with Gasteiger partial charge < -0.3 is 15.5 Å². The van der Waals surface area contributed by atoms with Crippen molar-refractivity contribution in [2.45, 2.75) is 6.42 Å². The molecule has 0 unspecified atom stereocenters. The first-order valence-corrected chi connectivity index (χ1v) is 9.26. The molecule has 0 saturated heterocycles. The molecule has 23 heavy (non-hydrogen) atoms. The molecule has 0 radical (unpaired) electrons. The van der Waals surface area contributed by atoms with Crippen LogP contribution in [0.4, 0.5) is 0 Å². The van der Waals surface area contributed by atoms with Gasteiger partial charge in [0.1, 0.15) is 6.54 Å². The molecule has 0 heterocycles. The number of hydrogen-bond acceptors (Lipinski definition) is 3. The van der Waals surface area contributed by atoms with Gasteiger partial charge in [-0.3, -0.25) is 4.79 Å². The minimum atomic E-state index is -0.0259. The molecule has 0 spiro atoms. The van der Waals surface area contributed by atoms with Gasteiger partial charge in [0.25, 0.3) is 0 Å². The van der Waals surface area contributed by atoms with E-state index in [0.29, 0.717) is 12.5 Å². The number of halogens is 1. The highest BCUT2D eigenvalue weighted by Gasteiger charge is 2.05. The third kappa shape index (κ3) is 8.13. The Hall–Kier alpha value is -1.40. The van der Waals surface area contributed by atoms with Crippen LogP contribution < -0.4 is 10.6 Å². The summed E-state index contributed by atoms with van der Waals surface area (Å²) < 4.78 is 0. The van der Waals surface area contributed by atoms with Gasteiger partial charge >= 0.3 is 0 Å². The van der Waals surface area contributed by atoms with E-state index in [1.165, 1.54) is 4.90 Å². The molecule has 0 aliphatic rings. The summed E-state index contributed by atoms with van der Waals surface area (Å²) in [6.45, 7) is 1.63. The Morgan fingerprint density at radius 2 is 1.96 bits per heavy atom. The second kappa shape index (κ2) is 11.2. The predicted octanol–water partition coefficient (Wildman–Crippen LogP) is 1.87. The Bertz CT molecular complexity index is 523. The summed E-state index contributed by atoms with van der Waals surface area (Å²) in [6.07, 6.45) is 2.85. The summed E-state index contributed by atoms with van der Waals surface area (Å²) in [7, 11) is 3.45. The second-order valence-electron chi connectivity index (χ2n) is 5.14. The smallest absolute Gasteiger partial charge is 0.243 e. The summed E-state index contributed by atoms with van der Waals surface area (Å²) in [5, 5.41) is 7.25. The highest BCUT2D eigenvalue weighted by Crippen LogP contribution is 2.14. The third-order valence-electron chi connectivity index (χ3n) is 3.11. The summed E-state index contributed by atoms with van der Waals surface area (Å²) in [5.41, 5.74) is 1.09. The van der Waals surface area contributed by atoms with Gasteiger partial charge in [0.05, 0.1) is 0 Å². The fourth-order valence-corrected chi connectivity index (χ4v) is 2.29. The number of aliphatic imine (C=N–C) groups is 1. The number of carbonyl (C=O) groups excluding carboxylic acids is 1. The molecule has 128 valence electrons. The minimum absolute atomic E-state index is 0.0259. The number of guanidine groups is 1. The van der Waals surface area contributed by atoms with Gasteiger partial charge in [-0.1, -0.05) is 29.8 Å². The van der Waals surface area contributed by atoms with E-state index in [-0.39, 0.29) is 12.5 Å². The van der Waals surface area contributed by atoms with Crippen molar-refractivity contribution >= 4 is 35.2 Å². The summed E-state index contributed by atoms with van der Waals surface area (Å²) in [6, 6.07) is 7.79. The van der Waals surface area contributed by atoms with Crippen LogP contribution in [-0.2, 0) is 11.2 Å². The standard InChI is InChI=1S/C16H25ClN4OS/c1-21(2)15(22)12-20-16(19-10-11-23-3)18-9-8-13-6-4-5-7-14(13)17/h4-7H,8-12H2,1-3H3,(H2,18,19,20). The lowest BCUT2D eigenvalue weighted by Crippen LogP contribution is -2.40. The monoisotopic (exact) mass is 356 g/mol. The molecule has 7 heteroatoms. The zero-order chi connectivity index (χ0) is 17.1. The van der Waals surface area contributed by atoms with Crippen LogP contribution in [0.5, 0.6) is 0 Å². The van der Waals surface area contributed by atoms with Crippen molar-refractivity contribution in [2.75, 3.05) is 45.7 Å². The highest BCUT2D eigenvalue weighted by molar-refractivity contribution is 7.98. The molecule has 0 fully saturated rings. The highest BCUT2D eigenvalue weighted by atomic mass is 35.5. The predicted molar refractivity (Wildman–Crippen MR) is 101 cm³/mol. The average molecular weight is 357 g/mol. The molecule has 0 aliphatic heterocycles. The number of nitrogens with zero attached hydrogens (tertiary/aromatic N) is 2. The van der Waals surface area contributed by atoms with Gasteiger partial charge in [-0.25, -0.2) is 4.99 Å². The van der Waals surface area contributed by atoms with Gasteiger partial charge in [-0.15, -0.1) is 0 Å². The lowest BCUT2D eigenvalue weighted by molar-refractivity contribution is -0.127. The maximum Gasteiger partial charge on any atom is 0.243 e. The summed E-state index contributed by atoms with van der Waals surface area (Å²) in [4.78, 5) is 17.5. The van der Waals surface area contributed by atoms with Crippen LogP contribution in [0.3, 0.4) is 0 Å². The van der Waals surface area contributed by atoms with E-state index < -0.39 is 0 Å².